The van der Waals surface area contributed by atoms with Gasteiger partial charge in [0.05, 0.1) is 39.1 Å². The maximum Gasteiger partial charge on any atom is 0.252 e. The van der Waals surface area contributed by atoms with Gasteiger partial charge in [-0.25, -0.2) is 0 Å². The summed E-state index contributed by atoms with van der Waals surface area (Å²) >= 11 is 0. The summed E-state index contributed by atoms with van der Waals surface area (Å²) in [5.74, 6) is 0. The van der Waals surface area contributed by atoms with Crippen molar-refractivity contribution >= 4 is 101 Å². The molecule has 0 radical (unpaired) electrons. The van der Waals surface area contributed by atoms with Crippen molar-refractivity contribution in [1.82, 2.24) is 9.13 Å². The van der Waals surface area contributed by atoms with Gasteiger partial charge in [0.1, 0.15) is 0 Å². The molecule has 0 saturated heterocycles. The number of hydrogen-bond donors (Lipinski definition) is 0. The fourth-order valence-electron chi connectivity index (χ4n) is 14.8. The molecule has 3 aliphatic heterocycles. The molecule has 5 heterocycles. The Morgan fingerprint density at radius 2 is 0.663 bits per heavy atom. The van der Waals surface area contributed by atoms with Crippen LogP contribution in [0, 0.1) is 0 Å². The highest BCUT2D eigenvalue weighted by Gasteiger charge is 2.48. The monoisotopic (exact) mass is 1160 g/mol. The average molecular weight is 1160 g/mol. The van der Waals surface area contributed by atoms with Gasteiger partial charge in [-0.2, -0.15) is 0 Å². The Kier molecular flexibility index (Phi) is 12.2. The highest BCUT2D eigenvalue weighted by atomic mass is 15.2. The number of rotatable bonds is 4. The molecule has 89 heavy (non-hydrogen) atoms. The van der Waals surface area contributed by atoms with Crippen LogP contribution in [-0.2, 0) is 32.5 Å². The maximum absolute atomic E-state index is 2.73. The second kappa shape index (κ2) is 19.0. The van der Waals surface area contributed by atoms with Crippen molar-refractivity contribution in [2.24, 2.45) is 0 Å². The van der Waals surface area contributed by atoms with Crippen LogP contribution in [0.15, 0.2) is 188 Å². The summed E-state index contributed by atoms with van der Waals surface area (Å²) in [5.41, 5.74) is 31.0. The fourth-order valence-corrected chi connectivity index (χ4v) is 14.8. The quantitative estimate of drug-likeness (QED) is 0.163. The molecule has 4 nitrogen and oxygen atoms in total. The van der Waals surface area contributed by atoms with Gasteiger partial charge in [0.2, 0.25) is 0 Å². The van der Waals surface area contributed by atoms with E-state index in [2.05, 4.69) is 332 Å². The zero-order chi connectivity index (χ0) is 62.6. The minimum atomic E-state index is -0.193. The molecule has 5 heteroatoms. The van der Waals surface area contributed by atoms with Crippen LogP contribution in [-0.4, -0.2) is 15.8 Å². The summed E-state index contributed by atoms with van der Waals surface area (Å²) in [6.45, 7) is 42.5. The van der Waals surface area contributed by atoms with Crippen LogP contribution in [0.1, 0.15) is 158 Å². The lowest BCUT2D eigenvalue weighted by molar-refractivity contribution is 0.589. The lowest BCUT2D eigenvalue weighted by Crippen LogP contribution is -2.62. The third-order valence-corrected chi connectivity index (χ3v) is 20.1. The van der Waals surface area contributed by atoms with Crippen molar-refractivity contribution in [3.05, 3.63) is 221 Å². The lowest BCUT2D eigenvalue weighted by Gasteiger charge is -2.47. The van der Waals surface area contributed by atoms with E-state index in [4.69, 9.17) is 0 Å². The van der Waals surface area contributed by atoms with Crippen molar-refractivity contribution < 1.29 is 0 Å². The van der Waals surface area contributed by atoms with E-state index in [9.17, 15) is 0 Å². The first-order valence-corrected chi connectivity index (χ1v) is 32.5. The van der Waals surface area contributed by atoms with Gasteiger partial charge in [-0.05, 0) is 196 Å². The number of benzene rings is 10. The van der Waals surface area contributed by atoms with Crippen molar-refractivity contribution in [2.45, 2.75) is 157 Å². The molecule has 0 unspecified atom stereocenters. The van der Waals surface area contributed by atoms with Gasteiger partial charge >= 0.3 is 0 Å². The molecule has 0 atom stereocenters. The molecule has 0 N–H and O–H groups in total. The van der Waals surface area contributed by atoms with Crippen LogP contribution in [0.2, 0.25) is 0 Å². The van der Waals surface area contributed by atoms with E-state index in [0.717, 1.165) is 11.4 Å². The van der Waals surface area contributed by atoms with Gasteiger partial charge in [-0.1, -0.05) is 222 Å². The highest BCUT2D eigenvalue weighted by Crippen LogP contribution is 2.55. The summed E-state index contributed by atoms with van der Waals surface area (Å²) in [7, 11) is 0. The Labute approximate surface area is 528 Å². The van der Waals surface area contributed by atoms with Gasteiger partial charge in [0.25, 0.3) is 6.71 Å². The van der Waals surface area contributed by atoms with E-state index < -0.39 is 0 Å². The van der Waals surface area contributed by atoms with Crippen molar-refractivity contribution in [3.8, 4) is 33.6 Å². The molecule has 15 rings (SSSR count). The molecule has 444 valence electrons. The van der Waals surface area contributed by atoms with Crippen molar-refractivity contribution in [3.63, 3.8) is 0 Å². The Morgan fingerprint density at radius 1 is 0.270 bits per heavy atom. The zero-order valence-corrected chi connectivity index (χ0v) is 55.8. The van der Waals surface area contributed by atoms with Gasteiger partial charge in [0.15, 0.2) is 0 Å². The molecule has 0 amide bonds. The second-order valence-corrected chi connectivity index (χ2v) is 32.5. The molecule has 0 fully saturated rings. The van der Waals surface area contributed by atoms with E-state index >= 15 is 0 Å². The Hall–Kier alpha value is -8.54. The third-order valence-electron chi connectivity index (χ3n) is 20.1. The Bertz CT molecular complexity index is 4860. The molecule has 0 spiro atoms. The van der Waals surface area contributed by atoms with Gasteiger partial charge in [-0.15, -0.1) is 0 Å². The molecular formula is C84H85BN4. The second-order valence-electron chi connectivity index (χ2n) is 32.5. The van der Waals surface area contributed by atoms with E-state index in [1.165, 1.54) is 150 Å². The smallest absolute Gasteiger partial charge is 0.252 e. The van der Waals surface area contributed by atoms with Crippen LogP contribution in [0.5, 0.6) is 0 Å². The van der Waals surface area contributed by atoms with E-state index in [1.54, 1.807) is 0 Å². The summed E-state index contributed by atoms with van der Waals surface area (Å²) in [5, 5.41) is 5.21. The van der Waals surface area contributed by atoms with Crippen LogP contribution < -0.4 is 26.2 Å². The molecule has 0 aliphatic carbocycles. The summed E-state index contributed by atoms with van der Waals surface area (Å²) < 4.78 is 5.22. The standard InChI is InChI=1S/C84H85BN4/c1-79(2,3)54-30-37-68-62(40-54)63-41-55(80(4,5)6)31-38-69(63)87(68)61-35-36-66-71(49-61)86(60-33-28-53(29-34-60)52-26-24-51(25-27-52)50-22-20-19-21-23-50)72-45-59(84(16,17)18)46-73-76(72)85(66)67-44-58(83(13,14)15)48-75-78(67)89(73)74-47-57(82(10,11)12)43-65-64-42-56(81(7,8)9)32-39-70(64)88(75)77(65)74/h19-49H,1-18H3. The molecule has 2 aromatic heterocycles. The summed E-state index contributed by atoms with van der Waals surface area (Å²) in [6.07, 6.45) is 0. The van der Waals surface area contributed by atoms with Crippen molar-refractivity contribution in [1.29, 1.82) is 0 Å². The van der Waals surface area contributed by atoms with Crippen LogP contribution in [0.25, 0.3) is 77.2 Å². The van der Waals surface area contributed by atoms with Crippen LogP contribution in [0.3, 0.4) is 0 Å². The van der Waals surface area contributed by atoms with Gasteiger partial charge in [-0.3, -0.25) is 0 Å². The van der Waals surface area contributed by atoms with Gasteiger partial charge < -0.3 is 18.9 Å². The van der Waals surface area contributed by atoms with E-state index in [-0.39, 0.29) is 39.2 Å². The number of anilines is 6. The normalized spacial score (nSPS) is 14.1. The first-order chi connectivity index (χ1) is 41.9. The number of hydrogen-bond acceptors (Lipinski definition) is 2. The third kappa shape index (κ3) is 8.90. The number of fused-ring (bicyclic) bond motifs is 12. The number of nitrogens with zero attached hydrogens (tertiary/aromatic N) is 4. The van der Waals surface area contributed by atoms with Crippen molar-refractivity contribution in [2.75, 3.05) is 9.80 Å². The number of aromatic nitrogens is 2. The lowest BCUT2D eigenvalue weighted by atomic mass is 9.33. The predicted molar refractivity (Wildman–Crippen MR) is 386 cm³/mol. The molecule has 0 saturated carbocycles. The molecule has 10 aromatic carbocycles. The topological polar surface area (TPSA) is 16.3 Å². The zero-order valence-electron chi connectivity index (χ0n) is 55.8. The average Bonchev–Trinajstić information content (AvgIpc) is 1.66. The van der Waals surface area contributed by atoms with Crippen LogP contribution in [0.4, 0.5) is 34.1 Å². The molecule has 0 bridgehead atoms. The van der Waals surface area contributed by atoms with Crippen LogP contribution >= 0.6 is 0 Å². The first kappa shape index (κ1) is 56.9. The summed E-state index contributed by atoms with van der Waals surface area (Å²) in [4.78, 5) is 5.38. The minimum Gasteiger partial charge on any atom is -0.311 e. The summed E-state index contributed by atoms with van der Waals surface area (Å²) in [6, 6.07) is 73.9. The van der Waals surface area contributed by atoms with E-state index in [0.29, 0.717) is 0 Å². The molecule has 12 aromatic rings. The molecule has 3 aliphatic rings. The SMILES string of the molecule is CC(C)(C)c1cc2c3c(c1)N1c4c(cc(C(C)(C)C)cc4-n4c5ccc(C(C)(C)C)cc5c5cc(C(C)(C)C)cc1c54)B3c1ccc(-n3c4ccc(C(C)(C)C)cc4c4cc(C(C)(C)C)ccc43)cc1N2c1ccc(-c2ccc(-c3ccccc3)cc2)cc1. The predicted octanol–water partition coefficient (Wildman–Crippen LogP) is 21.4. The molecular weight excluding hydrogens is 1080 g/mol. The first-order valence-electron chi connectivity index (χ1n) is 32.5. The Morgan fingerprint density at radius 3 is 1.17 bits per heavy atom. The minimum absolute atomic E-state index is 0.0118. The highest BCUT2D eigenvalue weighted by molar-refractivity contribution is 7.00. The largest absolute Gasteiger partial charge is 0.311 e. The fraction of sp³-hybridized carbons (Fsp3) is 0.286. The Balaban J connectivity index is 1.05. The van der Waals surface area contributed by atoms with Gasteiger partial charge in [0, 0.05) is 50.0 Å². The van der Waals surface area contributed by atoms with E-state index in [1.807, 2.05) is 0 Å². The maximum atomic E-state index is 2.73.